The third kappa shape index (κ3) is 2.54. The highest BCUT2D eigenvalue weighted by Gasteiger charge is 2.30. The van der Waals surface area contributed by atoms with Crippen LogP contribution in [0.15, 0.2) is 30.9 Å². The van der Waals surface area contributed by atoms with E-state index in [4.69, 9.17) is 0 Å². The van der Waals surface area contributed by atoms with E-state index in [-0.39, 0.29) is 11.9 Å². The third-order valence-corrected chi connectivity index (χ3v) is 3.60. The largest absolute Gasteiger partial charge is 0.332 e. The maximum absolute atomic E-state index is 12.5. The molecule has 3 rings (SSSR count). The average Bonchev–Trinajstić information content (AvgIpc) is 3.11. The lowest BCUT2D eigenvalue weighted by molar-refractivity contribution is 0.0715. The van der Waals surface area contributed by atoms with Gasteiger partial charge in [0.05, 0.1) is 24.5 Å². The Morgan fingerprint density at radius 2 is 2.30 bits per heavy atom. The Kier molecular flexibility index (Phi) is 3.45. The van der Waals surface area contributed by atoms with Gasteiger partial charge in [-0.3, -0.25) is 14.5 Å². The molecule has 0 unspecified atom stereocenters. The summed E-state index contributed by atoms with van der Waals surface area (Å²) in [7, 11) is 0. The number of hydrogen-bond donors (Lipinski definition) is 0. The highest BCUT2D eigenvalue weighted by molar-refractivity contribution is 5.92. The summed E-state index contributed by atoms with van der Waals surface area (Å²) in [5.41, 5.74) is 1.24. The van der Waals surface area contributed by atoms with Crippen molar-refractivity contribution in [2.24, 2.45) is 0 Å². The summed E-state index contributed by atoms with van der Waals surface area (Å²) in [6.07, 6.45) is 8.90. The molecule has 1 amide bonds. The van der Waals surface area contributed by atoms with Gasteiger partial charge in [-0.2, -0.15) is 5.10 Å². The molecule has 1 atom stereocenters. The van der Waals surface area contributed by atoms with Gasteiger partial charge in [0.15, 0.2) is 0 Å². The van der Waals surface area contributed by atoms with Crippen molar-refractivity contribution < 1.29 is 4.79 Å². The van der Waals surface area contributed by atoms with Gasteiger partial charge in [-0.05, 0) is 25.8 Å². The van der Waals surface area contributed by atoms with Crippen molar-refractivity contribution in [3.05, 3.63) is 42.2 Å². The standard InChI is InChI=1S/C14H17N5O/c1-11-8-16-13(9-15-11)14(20)19-7-2-4-12(19)10-18-6-3-5-17-18/h3,5-6,8-9,12H,2,4,7,10H2,1H3/t12-/m1/s1. The van der Waals surface area contributed by atoms with Crippen molar-refractivity contribution in [1.82, 2.24) is 24.6 Å². The second kappa shape index (κ2) is 5.40. The predicted octanol–water partition coefficient (Wildman–Crippen LogP) is 1.29. The normalized spacial score (nSPS) is 18.4. The summed E-state index contributed by atoms with van der Waals surface area (Å²) in [6, 6.07) is 2.08. The summed E-state index contributed by atoms with van der Waals surface area (Å²) in [6.45, 7) is 3.37. The monoisotopic (exact) mass is 271 g/mol. The highest BCUT2D eigenvalue weighted by Crippen LogP contribution is 2.20. The Morgan fingerprint density at radius 3 is 3.00 bits per heavy atom. The Balaban J connectivity index is 1.74. The fourth-order valence-electron chi connectivity index (χ4n) is 2.57. The molecule has 0 bridgehead atoms. The lowest BCUT2D eigenvalue weighted by Gasteiger charge is -2.24. The van der Waals surface area contributed by atoms with Crippen LogP contribution in [-0.2, 0) is 6.54 Å². The van der Waals surface area contributed by atoms with Crippen LogP contribution in [0, 0.1) is 6.92 Å². The first-order valence-corrected chi connectivity index (χ1v) is 6.81. The van der Waals surface area contributed by atoms with Crippen LogP contribution in [0.2, 0.25) is 0 Å². The quantitative estimate of drug-likeness (QED) is 0.843. The van der Waals surface area contributed by atoms with Gasteiger partial charge in [0.1, 0.15) is 5.69 Å². The minimum absolute atomic E-state index is 0.0350. The minimum atomic E-state index is -0.0350. The number of nitrogens with zero attached hydrogens (tertiary/aromatic N) is 5. The zero-order valence-electron chi connectivity index (χ0n) is 11.4. The van der Waals surface area contributed by atoms with Crippen LogP contribution < -0.4 is 0 Å². The van der Waals surface area contributed by atoms with E-state index in [2.05, 4.69) is 15.1 Å². The van der Waals surface area contributed by atoms with Crippen molar-refractivity contribution in [2.75, 3.05) is 6.54 Å². The molecule has 0 N–H and O–H groups in total. The van der Waals surface area contributed by atoms with Gasteiger partial charge in [0, 0.05) is 25.1 Å². The van der Waals surface area contributed by atoms with E-state index in [1.165, 1.54) is 0 Å². The average molecular weight is 271 g/mol. The first-order valence-electron chi connectivity index (χ1n) is 6.81. The number of hydrogen-bond acceptors (Lipinski definition) is 4. The SMILES string of the molecule is Cc1cnc(C(=O)N2CCC[C@@H]2Cn2cccn2)cn1. The number of aryl methyl sites for hydroxylation is 1. The zero-order chi connectivity index (χ0) is 13.9. The fourth-order valence-corrected chi connectivity index (χ4v) is 2.57. The first-order chi connectivity index (χ1) is 9.74. The fraction of sp³-hybridized carbons (Fsp3) is 0.429. The van der Waals surface area contributed by atoms with Gasteiger partial charge in [-0.1, -0.05) is 0 Å². The molecule has 20 heavy (non-hydrogen) atoms. The van der Waals surface area contributed by atoms with Crippen LogP contribution >= 0.6 is 0 Å². The Hall–Kier alpha value is -2.24. The number of carbonyl (C=O) groups excluding carboxylic acids is 1. The molecule has 1 saturated heterocycles. The Morgan fingerprint density at radius 1 is 1.40 bits per heavy atom. The second-order valence-electron chi connectivity index (χ2n) is 5.07. The molecular formula is C14H17N5O. The molecule has 3 heterocycles. The predicted molar refractivity (Wildman–Crippen MR) is 73.1 cm³/mol. The van der Waals surface area contributed by atoms with Crippen LogP contribution in [0.4, 0.5) is 0 Å². The lowest BCUT2D eigenvalue weighted by Crippen LogP contribution is -2.38. The lowest BCUT2D eigenvalue weighted by atomic mass is 10.2. The summed E-state index contributed by atoms with van der Waals surface area (Å²) in [5, 5.41) is 4.21. The van der Waals surface area contributed by atoms with Crippen molar-refractivity contribution in [1.29, 1.82) is 0 Å². The molecule has 0 aromatic carbocycles. The molecule has 6 nitrogen and oxygen atoms in total. The minimum Gasteiger partial charge on any atom is -0.332 e. The van der Waals surface area contributed by atoms with E-state index in [1.54, 1.807) is 18.6 Å². The maximum Gasteiger partial charge on any atom is 0.274 e. The summed E-state index contributed by atoms with van der Waals surface area (Å²) >= 11 is 0. The van der Waals surface area contributed by atoms with E-state index >= 15 is 0 Å². The van der Waals surface area contributed by atoms with Gasteiger partial charge >= 0.3 is 0 Å². The number of aromatic nitrogens is 4. The molecule has 1 aliphatic rings. The van der Waals surface area contributed by atoms with Crippen LogP contribution in [0.3, 0.4) is 0 Å². The number of amides is 1. The highest BCUT2D eigenvalue weighted by atomic mass is 16.2. The third-order valence-electron chi connectivity index (χ3n) is 3.60. The van der Waals surface area contributed by atoms with Crippen molar-refractivity contribution in [3.63, 3.8) is 0 Å². The second-order valence-corrected chi connectivity index (χ2v) is 5.07. The van der Waals surface area contributed by atoms with Crippen LogP contribution in [0.5, 0.6) is 0 Å². The summed E-state index contributed by atoms with van der Waals surface area (Å²) in [5.74, 6) is -0.0350. The van der Waals surface area contributed by atoms with E-state index in [0.29, 0.717) is 5.69 Å². The molecule has 2 aromatic heterocycles. The van der Waals surface area contributed by atoms with Gasteiger partial charge in [0.2, 0.25) is 0 Å². The molecule has 0 spiro atoms. The molecule has 104 valence electrons. The Bertz CT molecular complexity index is 578. The van der Waals surface area contributed by atoms with E-state index < -0.39 is 0 Å². The number of rotatable bonds is 3. The Labute approximate surface area is 117 Å². The summed E-state index contributed by atoms with van der Waals surface area (Å²) in [4.78, 5) is 22.7. The van der Waals surface area contributed by atoms with Crippen LogP contribution in [0.1, 0.15) is 29.0 Å². The van der Waals surface area contributed by atoms with Gasteiger partial charge in [0.25, 0.3) is 5.91 Å². The zero-order valence-corrected chi connectivity index (χ0v) is 11.4. The summed E-state index contributed by atoms with van der Waals surface area (Å²) < 4.78 is 1.87. The number of carbonyl (C=O) groups is 1. The molecule has 0 radical (unpaired) electrons. The van der Waals surface area contributed by atoms with E-state index in [0.717, 1.165) is 31.6 Å². The van der Waals surface area contributed by atoms with Crippen molar-refractivity contribution >= 4 is 5.91 Å². The molecule has 2 aromatic rings. The molecule has 1 aliphatic heterocycles. The van der Waals surface area contributed by atoms with Crippen LogP contribution in [0.25, 0.3) is 0 Å². The van der Waals surface area contributed by atoms with Gasteiger partial charge < -0.3 is 4.90 Å². The van der Waals surface area contributed by atoms with Crippen molar-refractivity contribution in [2.45, 2.75) is 32.4 Å². The molecule has 0 aliphatic carbocycles. The smallest absolute Gasteiger partial charge is 0.274 e. The number of likely N-dealkylation sites (tertiary alicyclic amines) is 1. The topological polar surface area (TPSA) is 63.9 Å². The van der Waals surface area contributed by atoms with Crippen molar-refractivity contribution in [3.8, 4) is 0 Å². The van der Waals surface area contributed by atoms with Gasteiger partial charge in [-0.25, -0.2) is 4.98 Å². The van der Waals surface area contributed by atoms with E-state index in [9.17, 15) is 4.79 Å². The molecule has 0 saturated carbocycles. The maximum atomic E-state index is 12.5. The van der Waals surface area contributed by atoms with Crippen LogP contribution in [-0.4, -0.2) is 43.1 Å². The first kappa shape index (κ1) is 12.8. The molecule has 6 heteroatoms. The van der Waals surface area contributed by atoms with E-state index in [1.807, 2.05) is 28.8 Å². The molecule has 1 fully saturated rings. The molecular weight excluding hydrogens is 254 g/mol. The van der Waals surface area contributed by atoms with Gasteiger partial charge in [-0.15, -0.1) is 0 Å².